The summed E-state index contributed by atoms with van der Waals surface area (Å²) in [5.74, 6) is 0.949. The number of carbonyl (C=O) groups is 2. The van der Waals surface area contributed by atoms with Gasteiger partial charge in [0, 0.05) is 36.6 Å². The van der Waals surface area contributed by atoms with Crippen LogP contribution in [0.4, 0.5) is 0 Å². The van der Waals surface area contributed by atoms with Gasteiger partial charge in [0.2, 0.25) is 11.8 Å². The van der Waals surface area contributed by atoms with Crippen LogP contribution in [0.25, 0.3) is 0 Å². The van der Waals surface area contributed by atoms with Gasteiger partial charge in [-0.05, 0) is 11.6 Å². The predicted molar refractivity (Wildman–Crippen MR) is 77.8 cm³/mol. The van der Waals surface area contributed by atoms with Crippen molar-refractivity contribution in [2.45, 2.75) is 12.2 Å². The van der Waals surface area contributed by atoms with Gasteiger partial charge in [-0.1, -0.05) is 18.2 Å². The van der Waals surface area contributed by atoms with E-state index in [4.69, 9.17) is 11.5 Å². The lowest BCUT2D eigenvalue weighted by Gasteiger charge is -2.06. The molecule has 2 amide bonds. The molecule has 0 spiro atoms. The van der Waals surface area contributed by atoms with Gasteiger partial charge in [0.15, 0.2) is 0 Å². The fourth-order valence-corrected chi connectivity index (χ4v) is 2.48. The molecule has 0 fully saturated rings. The predicted octanol–water partition coefficient (Wildman–Crippen LogP) is 0.484. The minimum atomic E-state index is -0.420. The van der Waals surface area contributed by atoms with Gasteiger partial charge in [-0.2, -0.15) is 11.8 Å². The van der Waals surface area contributed by atoms with Crippen molar-refractivity contribution in [2.75, 3.05) is 18.8 Å². The van der Waals surface area contributed by atoms with Crippen molar-refractivity contribution in [1.29, 1.82) is 0 Å². The number of hydrogen-bond donors (Lipinski definition) is 3. The molecule has 0 aliphatic rings. The molecule has 0 saturated carbocycles. The highest BCUT2D eigenvalue weighted by Crippen LogP contribution is 2.16. The van der Waals surface area contributed by atoms with E-state index in [-0.39, 0.29) is 5.91 Å². The molecule has 1 aromatic carbocycles. The van der Waals surface area contributed by atoms with Gasteiger partial charge in [0.05, 0.1) is 0 Å². The minimum absolute atomic E-state index is 0.00105. The number of carbonyl (C=O) groups excluding carboxylic acids is 2. The summed E-state index contributed by atoms with van der Waals surface area (Å²) in [5.41, 5.74) is 12.0. The molecule has 19 heavy (non-hydrogen) atoms. The van der Waals surface area contributed by atoms with Gasteiger partial charge in [0.25, 0.3) is 0 Å². The molecule has 6 heteroatoms. The summed E-state index contributed by atoms with van der Waals surface area (Å²) >= 11 is 1.60. The van der Waals surface area contributed by atoms with Crippen molar-refractivity contribution < 1.29 is 9.59 Å². The molecule has 0 aliphatic carbocycles. The Morgan fingerprint density at radius 1 is 1.26 bits per heavy atom. The van der Waals surface area contributed by atoms with Gasteiger partial charge in [-0.25, -0.2) is 0 Å². The molecule has 0 radical (unpaired) electrons. The maximum Gasteiger partial charge on any atom is 0.249 e. The minimum Gasteiger partial charge on any atom is -0.366 e. The van der Waals surface area contributed by atoms with Crippen LogP contribution in [-0.4, -0.2) is 30.7 Å². The van der Waals surface area contributed by atoms with Crippen LogP contribution in [0.5, 0.6) is 0 Å². The summed E-state index contributed by atoms with van der Waals surface area (Å²) in [6.07, 6.45) is 0.448. The van der Waals surface area contributed by atoms with Crippen LogP contribution in [0, 0.1) is 0 Å². The van der Waals surface area contributed by atoms with Crippen LogP contribution in [-0.2, 0) is 10.5 Å². The number of thioether (sulfide) groups is 1. The smallest absolute Gasteiger partial charge is 0.249 e. The first kappa shape index (κ1) is 15.5. The highest BCUT2D eigenvalue weighted by Gasteiger charge is 2.07. The van der Waals surface area contributed by atoms with Crippen LogP contribution >= 0.6 is 11.8 Å². The second-order valence-corrected chi connectivity index (χ2v) is 5.07. The number of nitrogens with two attached hydrogens (primary N) is 2. The molecule has 5 N–H and O–H groups in total. The number of rotatable bonds is 8. The molecule has 0 atom stereocenters. The van der Waals surface area contributed by atoms with Gasteiger partial charge >= 0.3 is 0 Å². The van der Waals surface area contributed by atoms with E-state index in [1.54, 1.807) is 23.9 Å². The van der Waals surface area contributed by atoms with Crippen molar-refractivity contribution in [3.8, 4) is 0 Å². The Morgan fingerprint density at radius 2 is 2.00 bits per heavy atom. The Labute approximate surface area is 117 Å². The van der Waals surface area contributed by atoms with Crippen LogP contribution < -0.4 is 16.8 Å². The zero-order valence-corrected chi connectivity index (χ0v) is 11.5. The van der Waals surface area contributed by atoms with E-state index in [1.165, 1.54) is 0 Å². The normalized spacial score (nSPS) is 10.2. The number of amides is 2. The standard InChI is InChI=1S/C13H19N3O2S/c14-6-7-16-12(17)5-8-19-9-10-3-1-2-4-11(10)13(15)18/h1-4H,5-9,14H2,(H2,15,18)(H,16,17). The zero-order valence-electron chi connectivity index (χ0n) is 10.7. The molecule has 104 valence electrons. The summed E-state index contributed by atoms with van der Waals surface area (Å²) in [5, 5.41) is 2.71. The number of hydrogen-bond acceptors (Lipinski definition) is 4. The largest absolute Gasteiger partial charge is 0.366 e. The summed E-state index contributed by atoms with van der Waals surface area (Å²) < 4.78 is 0. The summed E-state index contributed by atoms with van der Waals surface area (Å²) in [7, 11) is 0. The van der Waals surface area contributed by atoms with Crippen LogP contribution in [0.1, 0.15) is 22.3 Å². The molecule has 0 aliphatic heterocycles. The Kier molecular flexibility index (Phi) is 6.99. The zero-order chi connectivity index (χ0) is 14.1. The van der Waals surface area contributed by atoms with Gasteiger partial charge < -0.3 is 16.8 Å². The average Bonchev–Trinajstić information content (AvgIpc) is 2.41. The molecule has 0 saturated heterocycles. The molecule has 5 nitrogen and oxygen atoms in total. The lowest BCUT2D eigenvalue weighted by molar-refractivity contribution is -0.120. The lowest BCUT2D eigenvalue weighted by Crippen LogP contribution is -2.29. The van der Waals surface area contributed by atoms with Crippen LogP contribution in [0.15, 0.2) is 24.3 Å². The molecule has 0 unspecified atom stereocenters. The second kappa shape index (κ2) is 8.55. The highest BCUT2D eigenvalue weighted by atomic mass is 32.2. The van der Waals surface area contributed by atoms with E-state index in [9.17, 15) is 9.59 Å². The third-order valence-electron chi connectivity index (χ3n) is 2.48. The number of nitrogens with one attached hydrogen (secondary N) is 1. The van der Waals surface area contributed by atoms with Crippen LogP contribution in [0.2, 0.25) is 0 Å². The molecule has 1 rings (SSSR count). The van der Waals surface area contributed by atoms with E-state index >= 15 is 0 Å². The number of benzene rings is 1. The van der Waals surface area contributed by atoms with E-state index in [1.807, 2.05) is 12.1 Å². The first-order valence-electron chi connectivity index (χ1n) is 6.07. The first-order valence-corrected chi connectivity index (χ1v) is 7.23. The molecular formula is C13H19N3O2S. The fraction of sp³-hybridized carbons (Fsp3) is 0.385. The topological polar surface area (TPSA) is 98.2 Å². The van der Waals surface area contributed by atoms with Crippen molar-refractivity contribution in [2.24, 2.45) is 11.5 Å². The van der Waals surface area contributed by atoms with Gasteiger partial charge in [0.1, 0.15) is 0 Å². The van der Waals surface area contributed by atoms with Crippen molar-refractivity contribution in [3.05, 3.63) is 35.4 Å². The Morgan fingerprint density at radius 3 is 2.68 bits per heavy atom. The molecule has 0 aromatic heterocycles. The van der Waals surface area contributed by atoms with Crippen molar-refractivity contribution in [1.82, 2.24) is 5.32 Å². The van der Waals surface area contributed by atoms with Crippen molar-refractivity contribution in [3.63, 3.8) is 0 Å². The fourth-order valence-electron chi connectivity index (χ4n) is 1.53. The Bertz CT molecular complexity index is 438. The van der Waals surface area contributed by atoms with Gasteiger partial charge in [-0.3, -0.25) is 9.59 Å². The molecule has 1 aromatic rings. The second-order valence-electron chi connectivity index (χ2n) is 3.96. The summed E-state index contributed by atoms with van der Waals surface area (Å²) in [4.78, 5) is 22.6. The third kappa shape index (κ3) is 5.76. The summed E-state index contributed by atoms with van der Waals surface area (Å²) in [6.45, 7) is 0.957. The summed E-state index contributed by atoms with van der Waals surface area (Å²) in [6, 6.07) is 7.25. The lowest BCUT2D eigenvalue weighted by atomic mass is 10.1. The monoisotopic (exact) mass is 281 g/mol. The maximum absolute atomic E-state index is 11.3. The quantitative estimate of drug-likeness (QED) is 0.604. The highest BCUT2D eigenvalue weighted by molar-refractivity contribution is 7.98. The van der Waals surface area contributed by atoms with Crippen molar-refractivity contribution >= 4 is 23.6 Å². The van der Waals surface area contributed by atoms with E-state index in [0.717, 1.165) is 5.56 Å². The Hall–Kier alpha value is -1.53. The SMILES string of the molecule is NCCNC(=O)CCSCc1ccccc1C(N)=O. The van der Waals surface area contributed by atoms with E-state index in [2.05, 4.69) is 5.32 Å². The first-order chi connectivity index (χ1) is 9.15. The van der Waals surface area contributed by atoms with E-state index < -0.39 is 5.91 Å². The maximum atomic E-state index is 11.3. The molecule has 0 bridgehead atoms. The number of primary amides is 1. The molecular weight excluding hydrogens is 262 g/mol. The third-order valence-corrected chi connectivity index (χ3v) is 3.49. The Balaban J connectivity index is 2.33. The average molecular weight is 281 g/mol. The molecule has 0 heterocycles. The van der Waals surface area contributed by atoms with E-state index in [0.29, 0.717) is 36.6 Å². The van der Waals surface area contributed by atoms with Gasteiger partial charge in [-0.15, -0.1) is 0 Å². The van der Waals surface area contributed by atoms with Crippen LogP contribution in [0.3, 0.4) is 0 Å².